The van der Waals surface area contributed by atoms with Gasteiger partial charge in [0.25, 0.3) is 0 Å². The van der Waals surface area contributed by atoms with Crippen LogP contribution in [0.4, 0.5) is 4.39 Å². The van der Waals surface area contributed by atoms with Gasteiger partial charge in [-0.15, -0.1) is 0 Å². The quantitative estimate of drug-likeness (QED) is 0.480. The molecule has 10 heavy (non-hydrogen) atoms. The number of hydrogen-bond donors (Lipinski definition) is 0. The average Bonchev–Trinajstić information content (AvgIpc) is 1.94. The van der Waals surface area contributed by atoms with E-state index in [2.05, 4.69) is 22.2 Å². The molecule has 0 amide bonds. The van der Waals surface area contributed by atoms with Crippen molar-refractivity contribution in [3.8, 4) is 0 Å². The largest absolute Gasteiger partial charge is 0.223 e. The van der Waals surface area contributed by atoms with Crippen molar-refractivity contribution in [1.29, 1.82) is 0 Å². The van der Waals surface area contributed by atoms with E-state index in [0.29, 0.717) is 0 Å². The molecule has 1 rings (SSSR count). The number of hydrogen-bond acceptors (Lipinski definition) is 3. The van der Waals surface area contributed by atoms with Gasteiger partial charge in [0.2, 0.25) is 5.28 Å². The molecule has 0 unspecified atom stereocenters. The summed E-state index contributed by atoms with van der Waals surface area (Å²) >= 11 is 9.79. The Balaban J connectivity index is 3.21. The molecule has 0 radical (unpaired) electrons. The Kier molecular flexibility index (Phi) is 2.24. The Morgan fingerprint density at radius 1 is 1.70 bits per heavy atom. The zero-order valence-electron chi connectivity index (χ0n) is 4.71. The topological polar surface area (TPSA) is 25.8 Å². The standard InChI is InChI=1S/C5H2ClFN2S/c6-5-8-1-3(7)4(2-10)9-5/h1-2H. The molecule has 0 atom stereocenters. The van der Waals surface area contributed by atoms with Crippen molar-refractivity contribution >= 4 is 29.2 Å². The highest BCUT2D eigenvalue weighted by molar-refractivity contribution is 7.79. The summed E-state index contributed by atoms with van der Waals surface area (Å²) < 4.78 is 12.5. The van der Waals surface area contributed by atoms with E-state index in [0.717, 1.165) is 11.6 Å². The van der Waals surface area contributed by atoms with Gasteiger partial charge in [-0.25, -0.2) is 14.4 Å². The molecule has 0 aliphatic heterocycles. The Morgan fingerprint density at radius 3 is 2.90 bits per heavy atom. The van der Waals surface area contributed by atoms with Crippen LogP contribution in [0.5, 0.6) is 0 Å². The first-order chi connectivity index (χ1) is 4.74. The van der Waals surface area contributed by atoms with E-state index in [4.69, 9.17) is 11.6 Å². The third-order valence-electron chi connectivity index (χ3n) is 0.853. The summed E-state index contributed by atoms with van der Waals surface area (Å²) in [6, 6.07) is 0. The second-order valence-electron chi connectivity index (χ2n) is 1.49. The van der Waals surface area contributed by atoms with Crippen molar-refractivity contribution in [3.05, 3.63) is 23.0 Å². The Hall–Kier alpha value is -0.610. The Labute approximate surface area is 67.1 Å². The van der Waals surface area contributed by atoms with Gasteiger partial charge in [0.15, 0.2) is 5.82 Å². The van der Waals surface area contributed by atoms with Gasteiger partial charge in [0.1, 0.15) is 5.69 Å². The number of halogens is 2. The van der Waals surface area contributed by atoms with Gasteiger partial charge < -0.3 is 0 Å². The highest BCUT2D eigenvalue weighted by Crippen LogP contribution is 2.03. The van der Waals surface area contributed by atoms with Gasteiger partial charge in [-0.05, 0) is 11.6 Å². The molecule has 5 heteroatoms. The molecule has 0 aliphatic carbocycles. The van der Waals surface area contributed by atoms with Gasteiger partial charge in [-0.2, -0.15) is 0 Å². The lowest BCUT2D eigenvalue weighted by Gasteiger charge is -1.92. The van der Waals surface area contributed by atoms with Crippen LogP contribution in [0.25, 0.3) is 0 Å². The van der Waals surface area contributed by atoms with Crippen molar-refractivity contribution in [1.82, 2.24) is 9.97 Å². The molecule has 0 saturated carbocycles. The average molecular weight is 177 g/mol. The zero-order valence-corrected chi connectivity index (χ0v) is 6.29. The van der Waals surface area contributed by atoms with E-state index < -0.39 is 5.82 Å². The van der Waals surface area contributed by atoms with E-state index in [1.54, 1.807) is 0 Å². The van der Waals surface area contributed by atoms with Crippen LogP contribution in [-0.2, 0) is 0 Å². The van der Waals surface area contributed by atoms with Crippen molar-refractivity contribution in [2.45, 2.75) is 0 Å². The predicted octanol–water partition coefficient (Wildman–Crippen LogP) is 1.62. The molecule has 0 saturated heterocycles. The summed E-state index contributed by atoms with van der Waals surface area (Å²) in [6.45, 7) is 0. The molecule has 0 N–H and O–H groups in total. The fourth-order valence-electron chi connectivity index (χ4n) is 0.440. The monoisotopic (exact) mass is 176 g/mol. The maximum Gasteiger partial charge on any atom is 0.223 e. The van der Waals surface area contributed by atoms with Crippen molar-refractivity contribution in [3.63, 3.8) is 0 Å². The van der Waals surface area contributed by atoms with E-state index >= 15 is 0 Å². The predicted molar refractivity (Wildman–Crippen MR) is 39.8 cm³/mol. The van der Waals surface area contributed by atoms with Crippen LogP contribution in [0.2, 0.25) is 5.28 Å². The fraction of sp³-hybridized carbons (Fsp3) is 0. The fourth-order valence-corrected chi connectivity index (χ4v) is 0.746. The number of thiocarbonyl (C=S) groups is 1. The molecule has 0 aromatic carbocycles. The minimum atomic E-state index is -0.556. The van der Waals surface area contributed by atoms with E-state index in [9.17, 15) is 4.39 Å². The molecule has 0 fully saturated rings. The van der Waals surface area contributed by atoms with Gasteiger partial charge in [0.05, 0.1) is 6.20 Å². The van der Waals surface area contributed by atoms with Gasteiger partial charge in [-0.3, -0.25) is 0 Å². The second-order valence-corrected chi connectivity index (χ2v) is 2.06. The lowest BCUT2D eigenvalue weighted by atomic mass is 10.4. The van der Waals surface area contributed by atoms with Crippen LogP contribution in [0.3, 0.4) is 0 Å². The first kappa shape index (κ1) is 7.50. The zero-order chi connectivity index (χ0) is 7.56. The molecular formula is C5H2ClFN2S. The first-order valence-corrected chi connectivity index (χ1v) is 3.22. The minimum absolute atomic E-state index is 0.00231. The summed E-state index contributed by atoms with van der Waals surface area (Å²) in [6.07, 6.45) is 0.980. The summed E-state index contributed by atoms with van der Waals surface area (Å²) in [7, 11) is 0. The summed E-state index contributed by atoms with van der Waals surface area (Å²) in [5.74, 6) is -0.556. The van der Waals surface area contributed by atoms with Gasteiger partial charge >= 0.3 is 0 Å². The molecule has 2 nitrogen and oxygen atoms in total. The van der Waals surface area contributed by atoms with Crippen LogP contribution >= 0.6 is 23.8 Å². The van der Waals surface area contributed by atoms with Crippen LogP contribution < -0.4 is 0 Å². The highest BCUT2D eigenvalue weighted by Gasteiger charge is 2.00. The Morgan fingerprint density at radius 2 is 2.40 bits per heavy atom. The molecule has 1 aromatic heterocycles. The smallest absolute Gasteiger partial charge is 0.223 e. The van der Waals surface area contributed by atoms with Crippen LogP contribution in [0.15, 0.2) is 6.20 Å². The molecule has 1 heterocycles. The number of rotatable bonds is 1. The minimum Gasteiger partial charge on any atom is -0.223 e. The molecule has 1 aromatic rings. The normalized spacial score (nSPS) is 9.40. The third kappa shape index (κ3) is 1.46. The van der Waals surface area contributed by atoms with E-state index in [1.807, 2.05) is 0 Å². The highest BCUT2D eigenvalue weighted by atomic mass is 35.5. The maximum absolute atomic E-state index is 12.5. The van der Waals surface area contributed by atoms with Crippen LogP contribution in [0, 0.1) is 5.82 Å². The summed E-state index contributed by atoms with van der Waals surface area (Å²) in [5, 5.41) is 1.11. The van der Waals surface area contributed by atoms with Gasteiger partial charge in [-0.1, -0.05) is 12.2 Å². The molecule has 52 valence electrons. The third-order valence-corrected chi connectivity index (χ3v) is 1.26. The van der Waals surface area contributed by atoms with Crippen molar-refractivity contribution < 1.29 is 4.39 Å². The van der Waals surface area contributed by atoms with Crippen LogP contribution in [0.1, 0.15) is 5.69 Å². The summed E-state index contributed by atoms with van der Waals surface area (Å²) in [4.78, 5) is 6.91. The van der Waals surface area contributed by atoms with E-state index in [1.165, 1.54) is 0 Å². The maximum atomic E-state index is 12.5. The van der Waals surface area contributed by atoms with Crippen molar-refractivity contribution in [2.24, 2.45) is 0 Å². The van der Waals surface area contributed by atoms with Crippen LogP contribution in [-0.4, -0.2) is 15.3 Å². The lowest BCUT2D eigenvalue weighted by Crippen LogP contribution is -1.93. The molecular weight excluding hydrogens is 175 g/mol. The Bertz CT molecular complexity index is 266. The lowest BCUT2D eigenvalue weighted by molar-refractivity contribution is 0.611. The van der Waals surface area contributed by atoms with Crippen molar-refractivity contribution in [2.75, 3.05) is 0 Å². The number of nitrogens with zero attached hydrogens (tertiary/aromatic N) is 2. The second kappa shape index (κ2) is 2.98. The molecule has 0 bridgehead atoms. The summed E-state index contributed by atoms with van der Waals surface area (Å²) in [5.41, 5.74) is 0.0509. The first-order valence-electron chi connectivity index (χ1n) is 2.37. The van der Waals surface area contributed by atoms with Gasteiger partial charge in [0, 0.05) is 5.37 Å². The molecule has 0 spiro atoms. The molecule has 0 aliphatic rings. The number of aromatic nitrogens is 2. The van der Waals surface area contributed by atoms with E-state index in [-0.39, 0.29) is 11.0 Å². The SMILES string of the molecule is Fc1cnc(Cl)nc1C=S.